The first-order valence-electron chi connectivity index (χ1n) is 9.34. The Bertz CT molecular complexity index is 1110. The molecule has 0 fully saturated rings. The fourth-order valence-electron chi connectivity index (χ4n) is 2.96. The summed E-state index contributed by atoms with van der Waals surface area (Å²) in [6.07, 6.45) is 1.41. The normalized spacial score (nSPS) is 12.2. The number of amides is 2. The van der Waals surface area contributed by atoms with E-state index in [9.17, 15) is 9.59 Å². The molecule has 2 amide bonds. The molecule has 3 aromatic rings. The molecule has 4 N–H and O–H groups in total. The van der Waals surface area contributed by atoms with Gasteiger partial charge in [-0.2, -0.15) is 0 Å². The van der Waals surface area contributed by atoms with Crippen molar-refractivity contribution >= 4 is 29.0 Å². The van der Waals surface area contributed by atoms with Crippen LogP contribution in [0.1, 0.15) is 26.3 Å². The number of nitrogens with zero attached hydrogens (tertiary/aromatic N) is 1. The van der Waals surface area contributed by atoms with Gasteiger partial charge in [-0.15, -0.1) is 0 Å². The van der Waals surface area contributed by atoms with Crippen molar-refractivity contribution in [1.82, 2.24) is 4.98 Å². The molecule has 0 radical (unpaired) electrons. The number of fused-ring (bicyclic) bond motifs is 1. The van der Waals surface area contributed by atoms with E-state index in [4.69, 9.17) is 15.2 Å². The van der Waals surface area contributed by atoms with Crippen molar-refractivity contribution in [3.05, 3.63) is 71.4 Å². The number of nitrogen functional groups attached to an aromatic ring is 1. The van der Waals surface area contributed by atoms with E-state index in [1.807, 2.05) is 13.0 Å². The Morgan fingerprint density at radius 1 is 0.900 bits per heavy atom. The molecule has 1 aromatic heterocycles. The molecule has 1 aliphatic heterocycles. The topological polar surface area (TPSA) is 116 Å². The predicted molar refractivity (Wildman–Crippen MR) is 113 cm³/mol. The van der Waals surface area contributed by atoms with Gasteiger partial charge in [-0.05, 0) is 55.0 Å². The van der Waals surface area contributed by atoms with E-state index < -0.39 is 0 Å². The molecule has 2 aromatic carbocycles. The number of pyridine rings is 1. The summed E-state index contributed by atoms with van der Waals surface area (Å²) in [6.45, 7) is 2.80. The Hall–Kier alpha value is -4.07. The minimum atomic E-state index is -0.319. The minimum Gasteiger partial charge on any atom is -0.486 e. The molecule has 0 unspecified atom stereocenters. The van der Waals surface area contributed by atoms with Crippen LogP contribution in [-0.4, -0.2) is 30.0 Å². The molecular weight excluding hydrogens is 384 g/mol. The lowest BCUT2D eigenvalue weighted by Crippen LogP contribution is -2.17. The summed E-state index contributed by atoms with van der Waals surface area (Å²) >= 11 is 0. The highest BCUT2D eigenvalue weighted by molar-refractivity contribution is 6.07. The highest BCUT2D eigenvalue weighted by Gasteiger charge is 2.16. The molecule has 152 valence electrons. The van der Waals surface area contributed by atoms with E-state index in [0.717, 1.165) is 5.56 Å². The predicted octanol–water partition coefficient (Wildman–Crippen LogP) is 3.25. The first-order valence-corrected chi connectivity index (χ1v) is 9.34. The van der Waals surface area contributed by atoms with Crippen LogP contribution in [0.4, 0.5) is 17.2 Å². The number of nitrogens with two attached hydrogens (primary N) is 1. The Morgan fingerprint density at radius 2 is 1.63 bits per heavy atom. The lowest BCUT2D eigenvalue weighted by Gasteiger charge is -2.18. The van der Waals surface area contributed by atoms with Gasteiger partial charge in [0.15, 0.2) is 11.5 Å². The van der Waals surface area contributed by atoms with Gasteiger partial charge < -0.3 is 25.8 Å². The van der Waals surface area contributed by atoms with E-state index in [2.05, 4.69) is 15.6 Å². The van der Waals surface area contributed by atoms with E-state index in [-0.39, 0.29) is 11.8 Å². The van der Waals surface area contributed by atoms with Crippen LogP contribution in [0.25, 0.3) is 0 Å². The second kappa shape index (κ2) is 8.12. The number of carbonyl (C=O) groups is 2. The molecule has 1 aliphatic rings. The quantitative estimate of drug-likeness (QED) is 0.615. The van der Waals surface area contributed by atoms with Gasteiger partial charge in [0.1, 0.15) is 19.0 Å². The van der Waals surface area contributed by atoms with Crippen LogP contribution in [-0.2, 0) is 0 Å². The summed E-state index contributed by atoms with van der Waals surface area (Å²) in [6, 6.07) is 13.5. The summed E-state index contributed by atoms with van der Waals surface area (Å²) < 4.78 is 11.0. The van der Waals surface area contributed by atoms with Gasteiger partial charge in [-0.3, -0.25) is 9.59 Å². The van der Waals surface area contributed by atoms with Gasteiger partial charge in [-0.25, -0.2) is 4.98 Å². The smallest absolute Gasteiger partial charge is 0.257 e. The third-order valence-electron chi connectivity index (χ3n) is 4.60. The molecule has 0 saturated carbocycles. The number of rotatable bonds is 4. The zero-order chi connectivity index (χ0) is 21.1. The van der Waals surface area contributed by atoms with Crippen molar-refractivity contribution in [2.75, 3.05) is 29.6 Å². The lowest BCUT2D eigenvalue weighted by atomic mass is 10.1. The van der Waals surface area contributed by atoms with E-state index in [1.165, 1.54) is 6.20 Å². The first kappa shape index (κ1) is 19.3. The molecule has 0 spiro atoms. The van der Waals surface area contributed by atoms with Crippen molar-refractivity contribution in [2.24, 2.45) is 0 Å². The van der Waals surface area contributed by atoms with Crippen molar-refractivity contribution in [3.63, 3.8) is 0 Å². The van der Waals surface area contributed by atoms with Crippen LogP contribution in [0, 0.1) is 6.92 Å². The lowest BCUT2D eigenvalue weighted by molar-refractivity contribution is 0.101. The van der Waals surface area contributed by atoms with Crippen molar-refractivity contribution < 1.29 is 19.1 Å². The minimum absolute atomic E-state index is 0.296. The van der Waals surface area contributed by atoms with Crippen LogP contribution >= 0.6 is 0 Å². The number of hydrogen-bond acceptors (Lipinski definition) is 6. The number of anilines is 3. The number of aromatic nitrogens is 1. The second-order valence-corrected chi connectivity index (χ2v) is 6.77. The SMILES string of the molecule is Cc1ccc(NC(=O)c2ccc3c(c2)OCCO3)cc1NC(=O)c1ccc(N)nc1. The van der Waals surface area contributed by atoms with Gasteiger partial charge in [0.2, 0.25) is 0 Å². The zero-order valence-corrected chi connectivity index (χ0v) is 16.3. The fraction of sp³-hybridized carbons (Fsp3) is 0.136. The van der Waals surface area contributed by atoms with Crippen molar-refractivity contribution in [3.8, 4) is 11.5 Å². The Labute approximate surface area is 173 Å². The number of nitrogens with one attached hydrogen (secondary N) is 2. The maximum atomic E-state index is 12.7. The third-order valence-corrected chi connectivity index (χ3v) is 4.60. The molecule has 0 atom stereocenters. The molecule has 4 rings (SSSR count). The molecular formula is C22H20N4O4. The van der Waals surface area contributed by atoms with Crippen LogP contribution in [0.5, 0.6) is 11.5 Å². The van der Waals surface area contributed by atoms with Gasteiger partial charge in [0, 0.05) is 23.1 Å². The highest BCUT2D eigenvalue weighted by atomic mass is 16.6. The molecule has 30 heavy (non-hydrogen) atoms. The van der Waals surface area contributed by atoms with Gasteiger partial charge in [-0.1, -0.05) is 6.07 Å². The number of carbonyl (C=O) groups excluding carboxylic acids is 2. The van der Waals surface area contributed by atoms with E-state index in [1.54, 1.807) is 42.5 Å². The average Bonchev–Trinajstić information content (AvgIpc) is 2.76. The number of hydrogen-bond donors (Lipinski definition) is 3. The average molecular weight is 404 g/mol. The highest BCUT2D eigenvalue weighted by Crippen LogP contribution is 2.31. The standard InChI is InChI=1S/C22H20N4O4/c1-13-2-5-16(11-17(13)26-22(28)15-4-7-20(23)24-12-15)25-21(27)14-3-6-18-19(10-14)30-9-8-29-18/h2-7,10-12H,8-9H2,1H3,(H2,23,24)(H,25,27)(H,26,28). The zero-order valence-electron chi connectivity index (χ0n) is 16.3. The van der Waals surface area contributed by atoms with Crippen LogP contribution in [0.3, 0.4) is 0 Å². The first-order chi connectivity index (χ1) is 14.5. The maximum Gasteiger partial charge on any atom is 0.257 e. The van der Waals surface area contributed by atoms with Crippen LogP contribution < -0.4 is 25.8 Å². The molecule has 0 bridgehead atoms. The number of aryl methyl sites for hydroxylation is 1. The summed E-state index contributed by atoms with van der Waals surface area (Å²) in [5, 5.41) is 5.67. The molecule has 8 nitrogen and oxygen atoms in total. The summed E-state index contributed by atoms with van der Waals surface area (Å²) in [5.74, 6) is 0.890. The molecule has 0 saturated heterocycles. The Morgan fingerprint density at radius 3 is 2.40 bits per heavy atom. The Kier molecular flexibility index (Phi) is 5.21. The van der Waals surface area contributed by atoms with Crippen LogP contribution in [0.2, 0.25) is 0 Å². The molecule has 2 heterocycles. The van der Waals surface area contributed by atoms with Gasteiger partial charge in [0.05, 0.1) is 5.56 Å². The van der Waals surface area contributed by atoms with Gasteiger partial charge >= 0.3 is 0 Å². The Balaban J connectivity index is 1.49. The van der Waals surface area contributed by atoms with Crippen molar-refractivity contribution in [1.29, 1.82) is 0 Å². The van der Waals surface area contributed by atoms with E-state index in [0.29, 0.717) is 53.0 Å². The summed E-state index contributed by atoms with van der Waals surface area (Å²) in [7, 11) is 0. The summed E-state index contributed by atoms with van der Waals surface area (Å²) in [5.41, 5.74) is 8.36. The summed E-state index contributed by atoms with van der Waals surface area (Å²) in [4.78, 5) is 29.0. The largest absolute Gasteiger partial charge is 0.486 e. The second-order valence-electron chi connectivity index (χ2n) is 6.77. The van der Waals surface area contributed by atoms with Gasteiger partial charge in [0.25, 0.3) is 11.8 Å². The number of benzene rings is 2. The fourth-order valence-corrected chi connectivity index (χ4v) is 2.96. The third kappa shape index (κ3) is 4.17. The van der Waals surface area contributed by atoms with E-state index >= 15 is 0 Å². The molecule has 0 aliphatic carbocycles. The number of ether oxygens (including phenoxy) is 2. The maximum absolute atomic E-state index is 12.7. The van der Waals surface area contributed by atoms with Crippen LogP contribution in [0.15, 0.2) is 54.7 Å². The monoisotopic (exact) mass is 404 g/mol. The van der Waals surface area contributed by atoms with Crippen molar-refractivity contribution in [2.45, 2.75) is 6.92 Å². The molecule has 8 heteroatoms.